The maximum Gasteiger partial charge on any atom is 0.472 e. The number of allylic oxidation sites excluding steroid dienone is 4. The predicted octanol–water partition coefficient (Wildman–Crippen LogP) is 12.8. The Bertz CT molecular complexity index is 959. The lowest BCUT2D eigenvalue weighted by Crippen LogP contribution is -2.27. The van der Waals surface area contributed by atoms with Crippen LogP contribution in [0.5, 0.6) is 0 Å². The van der Waals surface area contributed by atoms with Crippen molar-refractivity contribution < 1.29 is 37.9 Å². The van der Waals surface area contributed by atoms with E-state index in [-0.39, 0.29) is 32.1 Å². The molecule has 0 saturated heterocycles. The molecule has 0 aromatic carbocycles. The van der Waals surface area contributed by atoms with E-state index in [1.807, 2.05) is 0 Å². The van der Waals surface area contributed by atoms with Gasteiger partial charge in [-0.3, -0.25) is 18.6 Å². The minimum absolute atomic E-state index is 0.0794. The normalized spacial score (nSPS) is 13.5. The highest BCUT2D eigenvalue weighted by Crippen LogP contribution is 2.42. The molecule has 9 nitrogen and oxygen atoms in total. The SMILES string of the molecule is CCCCC/C=C\C/C=C\CCCCCCCCCC(=O)NCCOP(=O)(O)OCC(O)COC(=O)CCCCCCCCCCCCCCCCCCC. The Morgan fingerprint density at radius 2 is 0.982 bits per heavy atom. The van der Waals surface area contributed by atoms with E-state index in [0.29, 0.717) is 6.42 Å². The molecule has 55 heavy (non-hydrogen) atoms. The molecule has 0 fully saturated rings. The number of carbonyl (C=O) groups is 2. The number of phosphoric ester groups is 1. The van der Waals surface area contributed by atoms with E-state index in [2.05, 4.69) is 43.5 Å². The lowest BCUT2D eigenvalue weighted by atomic mass is 10.0. The van der Waals surface area contributed by atoms with Crippen molar-refractivity contribution in [1.29, 1.82) is 0 Å². The Morgan fingerprint density at radius 1 is 0.564 bits per heavy atom. The molecule has 0 saturated carbocycles. The fraction of sp³-hybridized carbons (Fsp3) is 0.867. The van der Waals surface area contributed by atoms with E-state index < -0.39 is 26.5 Å². The summed E-state index contributed by atoms with van der Waals surface area (Å²) < 4.78 is 26.9. The van der Waals surface area contributed by atoms with Crippen molar-refractivity contribution in [3.63, 3.8) is 0 Å². The van der Waals surface area contributed by atoms with Gasteiger partial charge in [-0.2, -0.15) is 0 Å². The molecule has 0 rings (SSSR count). The quantitative estimate of drug-likeness (QED) is 0.0240. The van der Waals surface area contributed by atoms with Crippen LogP contribution in [0.2, 0.25) is 0 Å². The molecular weight excluding hydrogens is 713 g/mol. The van der Waals surface area contributed by atoms with E-state index in [0.717, 1.165) is 51.4 Å². The summed E-state index contributed by atoms with van der Waals surface area (Å²) in [6.07, 6.45) is 45.3. The fourth-order valence-corrected chi connectivity index (χ4v) is 7.17. The molecule has 0 aliphatic rings. The molecular formula is C45H86NO8P. The zero-order chi connectivity index (χ0) is 40.3. The number of esters is 1. The van der Waals surface area contributed by atoms with Crippen LogP contribution in [0, 0.1) is 0 Å². The van der Waals surface area contributed by atoms with Crippen LogP contribution < -0.4 is 5.32 Å². The van der Waals surface area contributed by atoms with E-state index in [9.17, 15) is 24.2 Å². The van der Waals surface area contributed by atoms with Gasteiger partial charge in [0.2, 0.25) is 5.91 Å². The second-order valence-corrected chi connectivity index (χ2v) is 16.8. The van der Waals surface area contributed by atoms with Gasteiger partial charge in [0.25, 0.3) is 0 Å². The third-order valence-electron chi connectivity index (χ3n) is 9.88. The van der Waals surface area contributed by atoms with Crippen LogP contribution in [0.15, 0.2) is 24.3 Å². The van der Waals surface area contributed by atoms with Gasteiger partial charge >= 0.3 is 13.8 Å². The molecule has 324 valence electrons. The van der Waals surface area contributed by atoms with E-state index in [1.54, 1.807) is 0 Å². The first-order valence-corrected chi connectivity index (χ1v) is 24.3. The van der Waals surface area contributed by atoms with Gasteiger partial charge in [0.1, 0.15) is 12.7 Å². The number of unbranched alkanes of at least 4 members (excludes halogenated alkanes) is 26. The van der Waals surface area contributed by atoms with Gasteiger partial charge in [-0.1, -0.05) is 186 Å². The zero-order valence-corrected chi connectivity index (χ0v) is 36.5. The second-order valence-electron chi connectivity index (χ2n) is 15.4. The topological polar surface area (TPSA) is 131 Å². The highest BCUT2D eigenvalue weighted by molar-refractivity contribution is 7.47. The van der Waals surface area contributed by atoms with Crippen LogP contribution in [0.4, 0.5) is 0 Å². The van der Waals surface area contributed by atoms with Crippen LogP contribution in [0.25, 0.3) is 0 Å². The van der Waals surface area contributed by atoms with E-state index in [4.69, 9.17) is 13.8 Å². The lowest BCUT2D eigenvalue weighted by molar-refractivity contribution is -0.147. The molecule has 10 heteroatoms. The first-order valence-electron chi connectivity index (χ1n) is 22.8. The highest BCUT2D eigenvalue weighted by Gasteiger charge is 2.23. The minimum Gasteiger partial charge on any atom is -0.463 e. The summed E-state index contributed by atoms with van der Waals surface area (Å²) in [6, 6.07) is 0. The Morgan fingerprint density at radius 3 is 1.49 bits per heavy atom. The molecule has 0 aromatic heterocycles. The first-order chi connectivity index (χ1) is 26.8. The van der Waals surface area contributed by atoms with Crippen molar-refractivity contribution in [2.45, 2.75) is 225 Å². The monoisotopic (exact) mass is 800 g/mol. The van der Waals surface area contributed by atoms with Crippen LogP contribution in [-0.2, 0) is 27.9 Å². The second kappa shape index (κ2) is 42.1. The highest BCUT2D eigenvalue weighted by atomic mass is 31.2. The van der Waals surface area contributed by atoms with Crippen LogP contribution in [-0.4, -0.2) is 54.3 Å². The number of hydrogen-bond donors (Lipinski definition) is 3. The van der Waals surface area contributed by atoms with Crippen molar-refractivity contribution in [3.05, 3.63) is 24.3 Å². The van der Waals surface area contributed by atoms with Gasteiger partial charge in [-0.25, -0.2) is 4.57 Å². The molecule has 0 heterocycles. The maximum absolute atomic E-state index is 12.1. The smallest absolute Gasteiger partial charge is 0.463 e. The van der Waals surface area contributed by atoms with Gasteiger partial charge in [0.05, 0.1) is 13.2 Å². The maximum atomic E-state index is 12.1. The van der Waals surface area contributed by atoms with Gasteiger partial charge in [-0.05, 0) is 44.9 Å². The molecule has 0 aliphatic carbocycles. The summed E-state index contributed by atoms with van der Waals surface area (Å²) in [5.74, 6) is -0.517. The number of rotatable bonds is 43. The largest absolute Gasteiger partial charge is 0.472 e. The van der Waals surface area contributed by atoms with Gasteiger partial charge in [0.15, 0.2) is 0 Å². The van der Waals surface area contributed by atoms with Gasteiger partial charge < -0.3 is 20.1 Å². The van der Waals surface area contributed by atoms with Gasteiger partial charge in [-0.15, -0.1) is 0 Å². The summed E-state index contributed by atoms with van der Waals surface area (Å²) >= 11 is 0. The number of amides is 1. The number of aliphatic hydroxyl groups excluding tert-OH is 1. The molecule has 1 amide bonds. The number of phosphoric acid groups is 1. The molecule has 0 aliphatic heterocycles. The Labute approximate surface area is 338 Å². The predicted molar refractivity (Wildman–Crippen MR) is 229 cm³/mol. The molecule has 3 N–H and O–H groups in total. The first kappa shape index (κ1) is 53.5. The average molecular weight is 800 g/mol. The summed E-state index contributed by atoms with van der Waals surface area (Å²) in [6.45, 7) is 3.55. The van der Waals surface area contributed by atoms with Crippen LogP contribution in [0.1, 0.15) is 219 Å². The van der Waals surface area contributed by atoms with Gasteiger partial charge in [0, 0.05) is 19.4 Å². The Kier molecular flexibility index (Phi) is 40.9. The zero-order valence-electron chi connectivity index (χ0n) is 35.6. The average Bonchev–Trinajstić information content (AvgIpc) is 3.17. The molecule has 0 radical (unpaired) electrons. The summed E-state index contributed by atoms with van der Waals surface area (Å²) in [5, 5.41) is 12.7. The summed E-state index contributed by atoms with van der Waals surface area (Å²) in [7, 11) is -4.42. The Balaban J connectivity index is 3.57. The molecule has 0 bridgehead atoms. The molecule has 2 atom stereocenters. The van der Waals surface area contributed by atoms with Crippen molar-refractivity contribution in [2.24, 2.45) is 0 Å². The van der Waals surface area contributed by atoms with E-state index in [1.165, 1.54) is 141 Å². The van der Waals surface area contributed by atoms with Crippen molar-refractivity contribution in [1.82, 2.24) is 5.32 Å². The summed E-state index contributed by atoms with van der Waals surface area (Å²) in [4.78, 5) is 33.9. The Hall–Kier alpha value is -1.51. The minimum atomic E-state index is -4.42. The third-order valence-corrected chi connectivity index (χ3v) is 10.9. The van der Waals surface area contributed by atoms with Crippen molar-refractivity contribution in [3.8, 4) is 0 Å². The van der Waals surface area contributed by atoms with Crippen LogP contribution in [0.3, 0.4) is 0 Å². The lowest BCUT2D eigenvalue weighted by Gasteiger charge is -2.15. The number of ether oxygens (including phenoxy) is 1. The van der Waals surface area contributed by atoms with Crippen LogP contribution >= 0.6 is 7.82 Å². The molecule has 2 unspecified atom stereocenters. The number of hydrogen-bond acceptors (Lipinski definition) is 7. The third kappa shape index (κ3) is 43.5. The standard InChI is InChI=1S/C45H86NO8P/c1-3-5-7-9-11-13-15-17-19-21-23-25-27-29-31-33-35-37-44(48)46-39-40-53-55(50,51)54-42-43(47)41-52-45(49)38-36-34-32-30-28-26-24-22-20-18-16-14-12-10-8-6-4-2/h11,13,17,19,43,47H,3-10,12,14-16,18,20-42H2,1-2H3,(H,46,48)(H,50,51)/b13-11-,19-17-. The number of nitrogens with one attached hydrogen (secondary N) is 1. The molecule has 0 aromatic rings. The van der Waals surface area contributed by atoms with Crippen molar-refractivity contribution >= 4 is 19.7 Å². The fourth-order valence-electron chi connectivity index (χ4n) is 6.41. The van der Waals surface area contributed by atoms with Crippen molar-refractivity contribution in [2.75, 3.05) is 26.4 Å². The number of carbonyl (C=O) groups excluding carboxylic acids is 2. The molecule has 0 spiro atoms. The summed E-state index contributed by atoms with van der Waals surface area (Å²) in [5.41, 5.74) is 0. The van der Waals surface area contributed by atoms with E-state index >= 15 is 0 Å². The number of aliphatic hydroxyl groups is 1.